The van der Waals surface area contributed by atoms with Gasteiger partial charge in [0, 0.05) is 23.4 Å². The number of nitrogens with zero attached hydrogens (tertiary/aromatic N) is 1. The topological polar surface area (TPSA) is 81.5 Å². The second-order valence-corrected chi connectivity index (χ2v) is 6.04. The number of nitro groups is 1. The fourth-order valence-electron chi connectivity index (χ4n) is 2.46. The third kappa shape index (κ3) is 4.62. The highest BCUT2D eigenvalue weighted by molar-refractivity contribution is 6.32. The zero-order valence-corrected chi connectivity index (χ0v) is 14.8. The molecule has 27 heavy (non-hydrogen) atoms. The van der Waals surface area contributed by atoms with Crippen molar-refractivity contribution >= 4 is 28.9 Å². The van der Waals surface area contributed by atoms with E-state index in [-0.39, 0.29) is 22.4 Å². The number of non-ortho nitro benzene ring substituents is 1. The summed E-state index contributed by atoms with van der Waals surface area (Å²) in [4.78, 5) is 23.1. The number of amides is 1. The maximum Gasteiger partial charge on any atom is 0.271 e. The molecule has 7 heteroatoms. The van der Waals surface area contributed by atoms with Gasteiger partial charge in [0.1, 0.15) is 5.75 Å². The minimum absolute atomic E-state index is 0.0534. The lowest BCUT2D eigenvalue weighted by atomic mass is 10.1. The van der Waals surface area contributed by atoms with E-state index in [1.54, 1.807) is 48.5 Å². The number of nitrogens with one attached hydrogen (secondary N) is 1. The van der Waals surface area contributed by atoms with Crippen LogP contribution in [0.3, 0.4) is 0 Å². The summed E-state index contributed by atoms with van der Waals surface area (Å²) in [7, 11) is 0. The molecule has 0 aliphatic rings. The quantitative estimate of drug-likeness (QED) is 0.480. The number of benzene rings is 3. The standard InChI is InChI=1S/C20H15ClN2O4/c21-17-13-16(23(25)26)11-12-18(17)27-19(14-7-3-1-4-8-14)20(24)22-15-9-5-2-6-10-15/h1-13,19H,(H,22,24). The van der Waals surface area contributed by atoms with Crippen LogP contribution in [0.4, 0.5) is 11.4 Å². The Labute approximate surface area is 160 Å². The normalized spacial score (nSPS) is 11.4. The number of carbonyl (C=O) groups is 1. The van der Waals surface area contributed by atoms with Gasteiger partial charge in [0.05, 0.1) is 9.95 Å². The van der Waals surface area contributed by atoms with Gasteiger partial charge in [-0.05, 0) is 18.2 Å². The van der Waals surface area contributed by atoms with E-state index in [2.05, 4.69) is 5.32 Å². The first-order valence-electron chi connectivity index (χ1n) is 8.06. The van der Waals surface area contributed by atoms with Crippen LogP contribution in [-0.2, 0) is 4.79 Å². The molecule has 1 unspecified atom stereocenters. The number of ether oxygens (including phenoxy) is 1. The van der Waals surface area contributed by atoms with Crippen LogP contribution in [0, 0.1) is 10.1 Å². The number of anilines is 1. The number of carbonyl (C=O) groups excluding carboxylic acids is 1. The lowest BCUT2D eigenvalue weighted by molar-refractivity contribution is -0.384. The molecule has 1 atom stereocenters. The van der Waals surface area contributed by atoms with Gasteiger partial charge in [0.25, 0.3) is 11.6 Å². The van der Waals surface area contributed by atoms with Crippen molar-refractivity contribution in [3.63, 3.8) is 0 Å². The minimum atomic E-state index is -0.981. The van der Waals surface area contributed by atoms with Crippen molar-refractivity contribution in [2.45, 2.75) is 6.10 Å². The first kappa shape index (κ1) is 18.4. The summed E-state index contributed by atoms with van der Waals surface area (Å²) in [6.07, 6.45) is -0.981. The Bertz CT molecular complexity index is 949. The molecule has 0 heterocycles. The molecule has 136 valence electrons. The number of para-hydroxylation sites is 1. The van der Waals surface area contributed by atoms with E-state index in [0.717, 1.165) is 0 Å². The summed E-state index contributed by atoms with van der Waals surface area (Å²) in [5.41, 5.74) is 1.10. The second kappa shape index (κ2) is 8.33. The van der Waals surface area contributed by atoms with E-state index in [9.17, 15) is 14.9 Å². The summed E-state index contributed by atoms with van der Waals surface area (Å²) in [5.74, 6) is -0.207. The van der Waals surface area contributed by atoms with E-state index in [1.807, 2.05) is 12.1 Å². The van der Waals surface area contributed by atoms with Gasteiger partial charge in [0.15, 0.2) is 0 Å². The zero-order chi connectivity index (χ0) is 19.2. The van der Waals surface area contributed by atoms with Crippen LogP contribution < -0.4 is 10.1 Å². The van der Waals surface area contributed by atoms with Gasteiger partial charge in [-0.15, -0.1) is 0 Å². The van der Waals surface area contributed by atoms with Gasteiger partial charge in [0.2, 0.25) is 6.10 Å². The average molecular weight is 383 g/mol. The van der Waals surface area contributed by atoms with Crippen molar-refractivity contribution in [3.8, 4) is 5.75 Å². The molecule has 3 rings (SSSR count). The first-order valence-corrected chi connectivity index (χ1v) is 8.44. The summed E-state index contributed by atoms with van der Waals surface area (Å²) >= 11 is 6.11. The molecule has 0 fully saturated rings. The van der Waals surface area contributed by atoms with Crippen LogP contribution in [0.25, 0.3) is 0 Å². The van der Waals surface area contributed by atoms with Crippen LogP contribution in [0.2, 0.25) is 5.02 Å². The van der Waals surface area contributed by atoms with Crippen molar-refractivity contribution in [2.75, 3.05) is 5.32 Å². The summed E-state index contributed by atoms with van der Waals surface area (Å²) in [6, 6.07) is 21.8. The summed E-state index contributed by atoms with van der Waals surface area (Å²) in [5, 5.41) is 13.7. The fraction of sp³-hybridized carbons (Fsp3) is 0.0500. The van der Waals surface area contributed by atoms with E-state index in [1.165, 1.54) is 18.2 Å². The number of hydrogen-bond donors (Lipinski definition) is 1. The largest absolute Gasteiger partial charge is 0.474 e. The molecule has 3 aromatic carbocycles. The van der Waals surface area contributed by atoms with Crippen LogP contribution in [-0.4, -0.2) is 10.8 Å². The molecule has 0 aliphatic carbocycles. The smallest absolute Gasteiger partial charge is 0.271 e. The molecule has 0 saturated carbocycles. The van der Waals surface area contributed by atoms with Gasteiger partial charge >= 0.3 is 0 Å². The highest BCUT2D eigenvalue weighted by Gasteiger charge is 2.24. The van der Waals surface area contributed by atoms with E-state index in [0.29, 0.717) is 11.3 Å². The fourth-order valence-corrected chi connectivity index (χ4v) is 2.68. The molecule has 0 spiro atoms. The second-order valence-electron chi connectivity index (χ2n) is 5.64. The third-order valence-electron chi connectivity index (χ3n) is 3.75. The SMILES string of the molecule is O=C(Nc1ccccc1)C(Oc1ccc([N+](=O)[O-])cc1Cl)c1ccccc1. The average Bonchev–Trinajstić information content (AvgIpc) is 2.68. The number of nitro benzene ring substituents is 1. The highest BCUT2D eigenvalue weighted by atomic mass is 35.5. The first-order chi connectivity index (χ1) is 13.0. The summed E-state index contributed by atoms with van der Waals surface area (Å²) in [6.45, 7) is 0. The van der Waals surface area contributed by atoms with Gasteiger partial charge < -0.3 is 10.1 Å². The Kier molecular flexibility index (Phi) is 5.68. The Hall–Kier alpha value is -3.38. The monoisotopic (exact) mass is 382 g/mol. The Morgan fingerprint density at radius 1 is 1.00 bits per heavy atom. The molecule has 0 bridgehead atoms. The molecule has 3 aromatic rings. The molecule has 0 aromatic heterocycles. The van der Waals surface area contributed by atoms with Gasteiger partial charge in [-0.3, -0.25) is 14.9 Å². The molecule has 0 saturated heterocycles. The number of rotatable bonds is 6. The molecular formula is C20H15ClN2O4. The number of hydrogen-bond acceptors (Lipinski definition) is 4. The predicted molar refractivity (Wildman–Crippen MR) is 103 cm³/mol. The van der Waals surface area contributed by atoms with Crippen molar-refractivity contribution in [1.29, 1.82) is 0 Å². The predicted octanol–water partition coefficient (Wildman–Crippen LogP) is 5.01. The molecule has 0 radical (unpaired) electrons. The van der Waals surface area contributed by atoms with E-state index >= 15 is 0 Å². The minimum Gasteiger partial charge on any atom is -0.474 e. The maximum absolute atomic E-state index is 12.8. The summed E-state index contributed by atoms with van der Waals surface area (Å²) < 4.78 is 5.83. The van der Waals surface area contributed by atoms with Gasteiger partial charge in [-0.1, -0.05) is 60.1 Å². The van der Waals surface area contributed by atoms with E-state index < -0.39 is 11.0 Å². The number of halogens is 1. The van der Waals surface area contributed by atoms with Crippen LogP contribution >= 0.6 is 11.6 Å². The molecule has 6 nitrogen and oxygen atoms in total. The highest BCUT2D eigenvalue weighted by Crippen LogP contribution is 2.32. The van der Waals surface area contributed by atoms with Gasteiger partial charge in [-0.25, -0.2) is 0 Å². The lowest BCUT2D eigenvalue weighted by Gasteiger charge is -2.20. The van der Waals surface area contributed by atoms with Crippen LogP contribution in [0.5, 0.6) is 5.75 Å². The molecule has 1 amide bonds. The van der Waals surface area contributed by atoms with Crippen molar-refractivity contribution in [1.82, 2.24) is 0 Å². The molecule has 1 N–H and O–H groups in total. The van der Waals surface area contributed by atoms with Crippen molar-refractivity contribution in [3.05, 3.63) is 99.6 Å². The Morgan fingerprint density at radius 2 is 1.63 bits per heavy atom. The third-order valence-corrected chi connectivity index (χ3v) is 4.05. The molecule has 0 aliphatic heterocycles. The lowest BCUT2D eigenvalue weighted by Crippen LogP contribution is -2.25. The Morgan fingerprint density at radius 3 is 2.22 bits per heavy atom. The van der Waals surface area contributed by atoms with Crippen LogP contribution in [0.15, 0.2) is 78.9 Å². The Balaban J connectivity index is 1.89. The van der Waals surface area contributed by atoms with E-state index in [4.69, 9.17) is 16.3 Å². The maximum atomic E-state index is 12.8. The van der Waals surface area contributed by atoms with Crippen LogP contribution in [0.1, 0.15) is 11.7 Å². The van der Waals surface area contributed by atoms with Gasteiger partial charge in [-0.2, -0.15) is 0 Å². The zero-order valence-electron chi connectivity index (χ0n) is 14.0. The van der Waals surface area contributed by atoms with Crippen molar-refractivity contribution in [2.24, 2.45) is 0 Å². The van der Waals surface area contributed by atoms with Crippen molar-refractivity contribution < 1.29 is 14.5 Å². The molecular weight excluding hydrogens is 368 g/mol.